The van der Waals surface area contributed by atoms with Crippen molar-refractivity contribution in [2.75, 3.05) is 11.6 Å². The quantitative estimate of drug-likeness (QED) is 0.854. The van der Waals surface area contributed by atoms with E-state index in [0.29, 0.717) is 11.8 Å². The van der Waals surface area contributed by atoms with Crippen LogP contribution in [0.2, 0.25) is 0 Å². The van der Waals surface area contributed by atoms with Crippen LogP contribution in [0.3, 0.4) is 0 Å². The molecule has 2 atom stereocenters. The van der Waals surface area contributed by atoms with Gasteiger partial charge in [0.15, 0.2) is 0 Å². The smallest absolute Gasteiger partial charge is 0.307 e. The molecule has 0 spiro atoms. The zero-order chi connectivity index (χ0) is 16.9. The van der Waals surface area contributed by atoms with Crippen molar-refractivity contribution in [1.29, 1.82) is 0 Å². The molecular formula is C18H20N2O3S. The van der Waals surface area contributed by atoms with Gasteiger partial charge in [-0.25, -0.2) is 4.98 Å². The summed E-state index contributed by atoms with van der Waals surface area (Å²) in [6.07, 6.45) is 6.04. The van der Waals surface area contributed by atoms with Gasteiger partial charge in [0, 0.05) is 11.3 Å². The molecule has 1 aromatic carbocycles. The molecule has 1 saturated carbocycles. The zero-order valence-corrected chi connectivity index (χ0v) is 14.6. The number of nitrogens with one attached hydrogen (secondary N) is 1. The van der Waals surface area contributed by atoms with E-state index in [9.17, 15) is 8.42 Å². The van der Waals surface area contributed by atoms with Gasteiger partial charge < -0.3 is 9.50 Å². The fourth-order valence-electron chi connectivity index (χ4n) is 4.05. The van der Waals surface area contributed by atoms with Crippen molar-refractivity contribution in [3.05, 3.63) is 47.2 Å². The van der Waals surface area contributed by atoms with Crippen LogP contribution in [-0.2, 0) is 10.1 Å². The second kappa shape index (κ2) is 5.48. The Labute approximate surface area is 142 Å². The summed E-state index contributed by atoms with van der Waals surface area (Å²) < 4.78 is 28.2. The predicted molar refractivity (Wildman–Crippen MR) is 93.5 cm³/mol. The molecule has 1 N–H and O–H groups in total. The molecule has 5 nitrogen and oxygen atoms in total. The number of aromatic nitrogens is 1. The van der Waals surface area contributed by atoms with Gasteiger partial charge in [-0.2, -0.15) is 8.42 Å². The van der Waals surface area contributed by atoms with Gasteiger partial charge in [-0.1, -0.05) is 12.1 Å². The average molecular weight is 344 g/mol. The average Bonchev–Trinajstić information content (AvgIpc) is 3.10. The Morgan fingerprint density at radius 3 is 2.67 bits per heavy atom. The van der Waals surface area contributed by atoms with Crippen molar-refractivity contribution in [3.63, 3.8) is 0 Å². The molecule has 2 bridgehead atoms. The molecule has 6 heteroatoms. The van der Waals surface area contributed by atoms with E-state index < -0.39 is 10.1 Å². The van der Waals surface area contributed by atoms with Crippen LogP contribution in [0.15, 0.2) is 30.5 Å². The van der Waals surface area contributed by atoms with Crippen LogP contribution in [0.25, 0.3) is 0 Å². The minimum absolute atomic E-state index is 0.259. The lowest BCUT2D eigenvalue weighted by molar-refractivity contribution is 0.474. The van der Waals surface area contributed by atoms with Gasteiger partial charge in [-0.15, -0.1) is 0 Å². The fraction of sp³-hybridized carbons (Fsp3) is 0.389. The minimum atomic E-state index is -3.58. The van der Waals surface area contributed by atoms with E-state index in [2.05, 4.69) is 29.4 Å². The van der Waals surface area contributed by atoms with Crippen molar-refractivity contribution in [3.8, 4) is 5.88 Å². The summed E-state index contributed by atoms with van der Waals surface area (Å²) in [5.74, 6) is 1.07. The molecule has 1 fully saturated rings. The second-order valence-electron chi connectivity index (χ2n) is 6.79. The molecule has 0 saturated heterocycles. The minimum Gasteiger partial charge on any atom is -0.361 e. The number of fused-ring (bicyclic) bond motifs is 5. The van der Waals surface area contributed by atoms with Crippen LogP contribution in [0.4, 0.5) is 11.4 Å². The highest BCUT2D eigenvalue weighted by Gasteiger charge is 2.42. The molecule has 2 unspecified atom stereocenters. The van der Waals surface area contributed by atoms with Gasteiger partial charge in [0.1, 0.15) is 0 Å². The van der Waals surface area contributed by atoms with Gasteiger partial charge in [-0.3, -0.25) is 0 Å². The molecule has 24 heavy (non-hydrogen) atoms. The predicted octanol–water partition coefficient (Wildman–Crippen LogP) is 3.84. The number of hydrogen-bond donors (Lipinski definition) is 1. The number of nitrogens with zero attached hydrogens (tertiary/aromatic N) is 1. The topological polar surface area (TPSA) is 68.3 Å². The van der Waals surface area contributed by atoms with Crippen LogP contribution >= 0.6 is 0 Å². The third-order valence-electron chi connectivity index (χ3n) is 4.90. The van der Waals surface area contributed by atoms with Crippen molar-refractivity contribution in [1.82, 2.24) is 4.98 Å². The SMILES string of the molecule is Cc1cccc(Nc2cnc(OS(C)(=O)=O)c3c2C2CCC3C2)c1. The zero-order valence-electron chi connectivity index (χ0n) is 13.7. The molecule has 2 aliphatic carbocycles. The van der Waals surface area contributed by atoms with Crippen LogP contribution < -0.4 is 9.50 Å². The Morgan fingerprint density at radius 1 is 1.21 bits per heavy atom. The maximum absolute atomic E-state index is 11.5. The summed E-state index contributed by atoms with van der Waals surface area (Å²) in [5, 5.41) is 3.45. The number of hydrogen-bond acceptors (Lipinski definition) is 5. The van der Waals surface area contributed by atoms with Gasteiger partial charge in [0.2, 0.25) is 5.88 Å². The highest BCUT2D eigenvalue weighted by Crippen LogP contribution is 2.57. The lowest BCUT2D eigenvalue weighted by Crippen LogP contribution is -2.12. The number of aryl methyl sites for hydroxylation is 1. The summed E-state index contributed by atoms with van der Waals surface area (Å²) in [7, 11) is -3.58. The number of benzene rings is 1. The Hall–Kier alpha value is -2.08. The molecule has 2 aliphatic rings. The van der Waals surface area contributed by atoms with E-state index in [1.54, 1.807) is 6.20 Å². The highest BCUT2D eigenvalue weighted by atomic mass is 32.2. The second-order valence-corrected chi connectivity index (χ2v) is 8.37. The van der Waals surface area contributed by atoms with Crippen LogP contribution in [0.1, 0.15) is 47.8 Å². The molecule has 1 aromatic heterocycles. The Kier molecular flexibility index (Phi) is 3.53. The lowest BCUT2D eigenvalue weighted by atomic mass is 9.91. The number of anilines is 2. The first-order chi connectivity index (χ1) is 11.4. The van der Waals surface area contributed by atoms with E-state index in [4.69, 9.17) is 4.18 Å². The fourth-order valence-corrected chi connectivity index (χ4v) is 4.47. The van der Waals surface area contributed by atoms with Crippen molar-refractivity contribution < 1.29 is 12.6 Å². The summed E-state index contributed by atoms with van der Waals surface area (Å²) >= 11 is 0. The maximum atomic E-state index is 11.5. The summed E-state index contributed by atoms with van der Waals surface area (Å²) in [4.78, 5) is 4.31. The van der Waals surface area contributed by atoms with Gasteiger partial charge in [0.25, 0.3) is 0 Å². The molecule has 4 rings (SSSR count). The molecule has 0 aliphatic heterocycles. The van der Waals surface area contributed by atoms with Crippen LogP contribution in [-0.4, -0.2) is 19.7 Å². The first kappa shape index (κ1) is 15.4. The third-order valence-corrected chi connectivity index (χ3v) is 5.36. The third kappa shape index (κ3) is 2.75. The Bertz CT molecular complexity index is 908. The van der Waals surface area contributed by atoms with Crippen molar-refractivity contribution in [2.24, 2.45) is 0 Å². The van der Waals surface area contributed by atoms with Crippen molar-refractivity contribution in [2.45, 2.75) is 38.0 Å². The van der Waals surface area contributed by atoms with E-state index in [-0.39, 0.29) is 5.88 Å². The van der Waals surface area contributed by atoms with E-state index in [1.807, 2.05) is 12.1 Å². The van der Waals surface area contributed by atoms with Crippen LogP contribution in [0.5, 0.6) is 5.88 Å². The standard InChI is InChI=1S/C18H20N2O3S/c1-11-4-3-5-14(8-11)20-15-10-19-18(23-24(2,21)22)17-13-7-6-12(9-13)16(15)17/h3-5,8,10,12-13,20H,6-7,9H2,1-2H3. The summed E-state index contributed by atoms with van der Waals surface area (Å²) in [6, 6.07) is 8.17. The lowest BCUT2D eigenvalue weighted by Gasteiger charge is -2.21. The number of pyridine rings is 1. The highest BCUT2D eigenvalue weighted by molar-refractivity contribution is 7.86. The van der Waals surface area contributed by atoms with Gasteiger partial charge in [0.05, 0.1) is 18.1 Å². The van der Waals surface area contributed by atoms with E-state index in [1.165, 1.54) is 11.1 Å². The first-order valence-electron chi connectivity index (χ1n) is 8.16. The molecule has 0 radical (unpaired) electrons. The van der Waals surface area contributed by atoms with Crippen LogP contribution in [0, 0.1) is 6.92 Å². The van der Waals surface area contributed by atoms with Crippen molar-refractivity contribution >= 4 is 21.5 Å². The molecule has 2 aromatic rings. The first-order valence-corrected chi connectivity index (χ1v) is 9.98. The molecule has 1 heterocycles. The Morgan fingerprint density at radius 2 is 1.96 bits per heavy atom. The summed E-state index contributed by atoms with van der Waals surface area (Å²) in [5.41, 5.74) is 5.32. The Balaban J connectivity index is 1.77. The normalized spacial score (nSPS) is 21.6. The van der Waals surface area contributed by atoms with E-state index in [0.717, 1.165) is 42.5 Å². The largest absolute Gasteiger partial charge is 0.361 e. The number of rotatable bonds is 4. The monoisotopic (exact) mass is 344 g/mol. The molecule has 0 amide bonds. The van der Waals surface area contributed by atoms with Gasteiger partial charge >= 0.3 is 10.1 Å². The molecular weight excluding hydrogens is 324 g/mol. The maximum Gasteiger partial charge on any atom is 0.307 e. The van der Waals surface area contributed by atoms with E-state index >= 15 is 0 Å². The molecule has 126 valence electrons. The summed E-state index contributed by atoms with van der Waals surface area (Å²) in [6.45, 7) is 2.05. The van der Waals surface area contributed by atoms with Gasteiger partial charge in [-0.05, 0) is 61.3 Å².